The second-order valence-corrected chi connectivity index (χ2v) is 5.73. The zero-order chi connectivity index (χ0) is 18.0. The summed E-state index contributed by atoms with van der Waals surface area (Å²) in [6, 6.07) is 10.0. The molecular formula is C18H13ClN2O4. The van der Waals surface area contributed by atoms with Gasteiger partial charge in [0.15, 0.2) is 11.5 Å². The maximum atomic E-state index is 12.1. The molecule has 2 heterocycles. The van der Waals surface area contributed by atoms with Gasteiger partial charge in [0.05, 0.1) is 12.1 Å². The summed E-state index contributed by atoms with van der Waals surface area (Å²) in [4.78, 5) is 23.5. The van der Waals surface area contributed by atoms with Gasteiger partial charge in [-0.15, -0.1) is 0 Å². The lowest BCUT2D eigenvalue weighted by Crippen LogP contribution is -2.19. The highest BCUT2D eigenvalue weighted by molar-refractivity contribution is 6.30. The van der Waals surface area contributed by atoms with Crippen molar-refractivity contribution in [2.75, 3.05) is 0 Å². The van der Waals surface area contributed by atoms with E-state index in [1.54, 1.807) is 18.3 Å². The Labute approximate surface area is 147 Å². The number of hydrogen-bond donors (Lipinski definition) is 1. The Hall–Kier alpha value is -3.12. The molecule has 0 fully saturated rings. The Morgan fingerprint density at radius 2 is 2.00 bits per heavy atom. The van der Waals surface area contributed by atoms with Gasteiger partial charge in [-0.3, -0.25) is 4.79 Å². The van der Waals surface area contributed by atoms with Crippen LogP contribution >= 0.6 is 11.6 Å². The van der Waals surface area contributed by atoms with Gasteiger partial charge < -0.3 is 14.2 Å². The van der Waals surface area contributed by atoms with Crippen molar-refractivity contribution in [3.8, 4) is 11.1 Å². The Balaban J connectivity index is 2.07. The van der Waals surface area contributed by atoms with E-state index in [2.05, 4.69) is 11.7 Å². The first-order chi connectivity index (χ1) is 12.0. The van der Waals surface area contributed by atoms with Crippen LogP contribution < -0.4 is 5.56 Å². The molecular weight excluding hydrogens is 344 g/mol. The van der Waals surface area contributed by atoms with E-state index in [0.717, 1.165) is 5.56 Å². The maximum absolute atomic E-state index is 12.1. The fourth-order valence-corrected chi connectivity index (χ4v) is 2.58. The van der Waals surface area contributed by atoms with E-state index in [1.807, 2.05) is 12.1 Å². The molecule has 1 N–H and O–H groups in total. The molecule has 25 heavy (non-hydrogen) atoms. The van der Waals surface area contributed by atoms with Crippen molar-refractivity contribution < 1.29 is 14.4 Å². The van der Waals surface area contributed by atoms with Gasteiger partial charge in [-0.25, -0.2) is 4.79 Å². The van der Waals surface area contributed by atoms with E-state index in [4.69, 9.17) is 16.1 Å². The van der Waals surface area contributed by atoms with Gasteiger partial charge >= 0.3 is 5.97 Å². The molecule has 3 rings (SSSR count). The van der Waals surface area contributed by atoms with Crippen LogP contribution in [0, 0.1) is 0 Å². The summed E-state index contributed by atoms with van der Waals surface area (Å²) >= 11 is 5.87. The van der Waals surface area contributed by atoms with Gasteiger partial charge in [0.25, 0.3) is 5.56 Å². The molecule has 126 valence electrons. The molecule has 0 bridgehead atoms. The molecule has 0 aliphatic heterocycles. The molecule has 0 spiro atoms. The van der Waals surface area contributed by atoms with Crippen LogP contribution in [0.1, 0.15) is 21.8 Å². The van der Waals surface area contributed by atoms with Crippen LogP contribution in [0.5, 0.6) is 0 Å². The highest BCUT2D eigenvalue weighted by atomic mass is 35.5. The predicted octanol–water partition coefficient (Wildman–Crippen LogP) is 3.55. The molecule has 2 aromatic heterocycles. The largest absolute Gasteiger partial charge is 0.476 e. The van der Waals surface area contributed by atoms with Gasteiger partial charge in [0.1, 0.15) is 0 Å². The van der Waals surface area contributed by atoms with Crippen molar-refractivity contribution in [3.63, 3.8) is 0 Å². The van der Waals surface area contributed by atoms with Crippen LogP contribution in [0.15, 0.2) is 58.5 Å². The van der Waals surface area contributed by atoms with E-state index in [0.29, 0.717) is 17.1 Å². The number of benzene rings is 1. The van der Waals surface area contributed by atoms with E-state index in [-0.39, 0.29) is 22.6 Å². The first-order valence-electron chi connectivity index (χ1n) is 7.30. The highest BCUT2D eigenvalue weighted by Crippen LogP contribution is 2.28. The topological polar surface area (TPSA) is 85.3 Å². The Bertz CT molecular complexity index is 1000. The minimum Gasteiger partial charge on any atom is -0.476 e. The molecule has 7 heteroatoms. The molecule has 0 saturated heterocycles. The first kappa shape index (κ1) is 16.7. The van der Waals surface area contributed by atoms with Crippen LogP contribution in [-0.4, -0.2) is 20.8 Å². The van der Waals surface area contributed by atoms with Crippen LogP contribution in [-0.2, 0) is 6.54 Å². The van der Waals surface area contributed by atoms with E-state index in [9.17, 15) is 14.7 Å². The first-order valence-corrected chi connectivity index (χ1v) is 7.68. The number of carboxylic acids is 1. The number of halogens is 1. The van der Waals surface area contributed by atoms with Crippen LogP contribution in [0.2, 0.25) is 5.02 Å². The number of nitrogens with zero attached hydrogens (tertiary/aromatic N) is 2. The van der Waals surface area contributed by atoms with Crippen molar-refractivity contribution in [2.24, 2.45) is 0 Å². The fourth-order valence-electron chi connectivity index (χ4n) is 2.46. The van der Waals surface area contributed by atoms with Crippen LogP contribution in [0.25, 0.3) is 17.2 Å². The molecule has 0 aliphatic rings. The van der Waals surface area contributed by atoms with Crippen molar-refractivity contribution in [1.29, 1.82) is 0 Å². The fraction of sp³-hybridized carbons (Fsp3) is 0.0556. The number of pyridine rings is 1. The average Bonchev–Trinajstić information content (AvgIpc) is 3.03. The summed E-state index contributed by atoms with van der Waals surface area (Å²) in [7, 11) is 0. The molecule has 0 radical (unpaired) electrons. The monoisotopic (exact) mass is 356 g/mol. The van der Waals surface area contributed by atoms with Crippen LogP contribution in [0.4, 0.5) is 0 Å². The van der Waals surface area contributed by atoms with Crippen molar-refractivity contribution in [2.45, 2.75) is 6.54 Å². The van der Waals surface area contributed by atoms with E-state index in [1.165, 1.54) is 22.8 Å². The standard InChI is InChI=1S/C18H13ClN2O4/c1-2-14-16(17(18(23)24)20-25-14)12-5-8-15(22)21(10-12)9-11-3-6-13(19)7-4-11/h2-8,10H,1,9H2,(H,23,24). The maximum Gasteiger partial charge on any atom is 0.358 e. The molecule has 0 unspecified atom stereocenters. The minimum absolute atomic E-state index is 0.216. The summed E-state index contributed by atoms with van der Waals surface area (Å²) in [5.41, 5.74) is 1.23. The molecule has 0 saturated carbocycles. The lowest BCUT2D eigenvalue weighted by molar-refractivity contribution is 0.0686. The SMILES string of the molecule is C=Cc1onc(C(=O)O)c1-c1ccc(=O)n(Cc2ccc(Cl)cc2)c1. The normalized spacial score (nSPS) is 10.6. The smallest absolute Gasteiger partial charge is 0.358 e. The third-order valence-corrected chi connectivity index (χ3v) is 3.90. The van der Waals surface area contributed by atoms with Gasteiger partial charge in [-0.1, -0.05) is 35.5 Å². The second kappa shape index (κ2) is 6.78. The van der Waals surface area contributed by atoms with Gasteiger partial charge in [-0.05, 0) is 29.8 Å². The number of aromatic nitrogens is 2. The number of hydrogen-bond acceptors (Lipinski definition) is 4. The molecule has 0 aliphatic carbocycles. The molecule has 3 aromatic rings. The minimum atomic E-state index is -1.22. The van der Waals surface area contributed by atoms with Gasteiger partial charge in [0.2, 0.25) is 0 Å². The van der Waals surface area contributed by atoms with E-state index < -0.39 is 5.97 Å². The lowest BCUT2D eigenvalue weighted by atomic mass is 10.0. The summed E-state index contributed by atoms with van der Waals surface area (Å²) in [5, 5.41) is 13.5. The lowest BCUT2D eigenvalue weighted by Gasteiger charge is -2.08. The number of carbonyl (C=O) groups is 1. The number of rotatable bonds is 5. The van der Waals surface area contributed by atoms with Crippen molar-refractivity contribution >= 4 is 23.6 Å². The van der Waals surface area contributed by atoms with Gasteiger partial charge in [-0.2, -0.15) is 0 Å². The van der Waals surface area contributed by atoms with Crippen molar-refractivity contribution in [3.05, 3.63) is 81.6 Å². The molecule has 6 nitrogen and oxygen atoms in total. The second-order valence-electron chi connectivity index (χ2n) is 5.29. The number of carboxylic acid groups (broad SMARTS) is 1. The summed E-state index contributed by atoms with van der Waals surface area (Å²) in [6.45, 7) is 3.92. The average molecular weight is 357 g/mol. The zero-order valence-corrected chi connectivity index (χ0v) is 13.7. The zero-order valence-electron chi connectivity index (χ0n) is 13.0. The number of aromatic carboxylic acids is 1. The highest BCUT2D eigenvalue weighted by Gasteiger charge is 2.22. The summed E-state index contributed by atoms with van der Waals surface area (Å²) in [5.74, 6) is -0.989. The predicted molar refractivity (Wildman–Crippen MR) is 93.8 cm³/mol. The van der Waals surface area contributed by atoms with Gasteiger partial charge in [0, 0.05) is 22.8 Å². The molecule has 0 amide bonds. The Kier molecular flexibility index (Phi) is 4.54. The quantitative estimate of drug-likeness (QED) is 0.755. The third kappa shape index (κ3) is 3.39. The third-order valence-electron chi connectivity index (χ3n) is 3.64. The Morgan fingerprint density at radius 1 is 1.28 bits per heavy atom. The van der Waals surface area contributed by atoms with Crippen LogP contribution in [0.3, 0.4) is 0 Å². The summed E-state index contributed by atoms with van der Waals surface area (Å²) < 4.78 is 6.49. The molecule has 1 aromatic carbocycles. The van der Waals surface area contributed by atoms with E-state index >= 15 is 0 Å². The molecule has 0 atom stereocenters. The Morgan fingerprint density at radius 3 is 2.64 bits per heavy atom. The summed E-state index contributed by atoms with van der Waals surface area (Å²) in [6.07, 6.45) is 2.95. The van der Waals surface area contributed by atoms with Crippen molar-refractivity contribution in [1.82, 2.24) is 9.72 Å².